The molecule has 2 aliphatic rings. The Kier molecular flexibility index (Phi) is 6.98. The summed E-state index contributed by atoms with van der Waals surface area (Å²) in [5.74, 6) is 0.532. The Hall–Kier alpha value is -3.97. The number of halogens is 3. The Morgan fingerprint density at radius 2 is 2.03 bits per heavy atom. The summed E-state index contributed by atoms with van der Waals surface area (Å²) in [7, 11) is 0. The average molecular weight is 491 g/mol. The molecule has 3 aromatic rings. The number of piperidine rings is 1. The molecule has 5 rings (SSSR count). The molecule has 5 heterocycles. The first kappa shape index (κ1) is 24.2. The summed E-state index contributed by atoms with van der Waals surface area (Å²) in [6.45, 7) is 2.10. The molecule has 0 spiro atoms. The normalized spacial score (nSPS) is 16.5. The number of rotatable bonds is 3. The van der Waals surface area contributed by atoms with E-state index < -0.39 is 6.68 Å². The number of carbonyl (C=O) groups excluding carboxylic acids is 2. The summed E-state index contributed by atoms with van der Waals surface area (Å²) in [4.78, 5) is 42.6. The number of urea groups is 1. The van der Waals surface area contributed by atoms with Crippen molar-refractivity contribution in [2.75, 3.05) is 34.8 Å². The van der Waals surface area contributed by atoms with Gasteiger partial charge >= 0.3 is 12.7 Å². The standard InChI is InChI=1S/C20H23N9O2.CHF3/c1-3-21-19(30)17-22-9-14-18(24-17)29(12-5-4-8-28(14)10-12)20(31)25-16-13-7-6-11(2)23-15(13)26-27-16;2-1(3)4/h6-7,9,12H,3-5,8,10H2,1-2H3,(H,21,30)(H2,23,25,26,27,31);1H. The third-order valence-electron chi connectivity index (χ3n) is 5.63. The fourth-order valence-corrected chi connectivity index (χ4v) is 4.19. The van der Waals surface area contributed by atoms with Crippen LogP contribution < -0.4 is 20.4 Å². The van der Waals surface area contributed by atoms with Gasteiger partial charge < -0.3 is 10.2 Å². The molecule has 3 N–H and O–H groups in total. The number of pyridine rings is 1. The topological polar surface area (TPSA) is 132 Å². The van der Waals surface area contributed by atoms with E-state index in [4.69, 9.17) is 0 Å². The first-order valence-electron chi connectivity index (χ1n) is 11.0. The molecule has 2 bridgehead atoms. The first-order valence-corrected chi connectivity index (χ1v) is 11.0. The van der Waals surface area contributed by atoms with Gasteiger partial charge in [0.15, 0.2) is 17.3 Å². The molecule has 0 radical (unpaired) electrons. The monoisotopic (exact) mass is 491 g/mol. The predicted molar refractivity (Wildman–Crippen MR) is 123 cm³/mol. The van der Waals surface area contributed by atoms with Crippen LogP contribution in [0.4, 0.5) is 35.3 Å². The van der Waals surface area contributed by atoms with Gasteiger partial charge in [-0.15, -0.1) is 0 Å². The molecule has 11 nitrogen and oxygen atoms in total. The summed E-state index contributed by atoms with van der Waals surface area (Å²) in [6.07, 6.45) is 3.44. The molecule has 0 aliphatic carbocycles. The lowest BCUT2D eigenvalue weighted by molar-refractivity contribution is 0.00818. The van der Waals surface area contributed by atoms with Crippen molar-refractivity contribution in [1.29, 1.82) is 0 Å². The molecule has 2 aliphatic heterocycles. The second-order valence-corrected chi connectivity index (χ2v) is 7.97. The highest BCUT2D eigenvalue weighted by atomic mass is 19.4. The van der Waals surface area contributed by atoms with E-state index in [1.807, 2.05) is 26.0 Å². The van der Waals surface area contributed by atoms with Crippen molar-refractivity contribution in [2.24, 2.45) is 0 Å². The number of nitrogens with one attached hydrogen (secondary N) is 3. The van der Waals surface area contributed by atoms with Gasteiger partial charge in [0.25, 0.3) is 5.91 Å². The average Bonchev–Trinajstić information content (AvgIpc) is 3.20. The minimum Gasteiger partial charge on any atom is -0.365 e. The SMILES string of the molecule is CCNC(=O)c1ncc2c(n1)N(C(=O)Nc1n[nH]c3nc(C)ccc13)C1CCCN2C1.FC(F)F. The number of carbonyl (C=O) groups is 2. The van der Waals surface area contributed by atoms with Crippen molar-refractivity contribution < 1.29 is 22.8 Å². The summed E-state index contributed by atoms with van der Waals surface area (Å²) >= 11 is 0. The van der Waals surface area contributed by atoms with E-state index in [9.17, 15) is 22.8 Å². The number of alkyl halides is 3. The maximum absolute atomic E-state index is 13.4. The van der Waals surface area contributed by atoms with Gasteiger partial charge in [0.2, 0.25) is 5.82 Å². The van der Waals surface area contributed by atoms with Crippen molar-refractivity contribution in [3.8, 4) is 0 Å². The molecule has 1 atom stereocenters. The third-order valence-corrected chi connectivity index (χ3v) is 5.63. The number of anilines is 3. The fraction of sp³-hybridized carbons (Fsp3) is 0.429. The van der Waals surface area contributed by atoms with Crippen LogP contribution in [0.1, 0.15) is 36.1 Å². The van der Waals surface area contributed by atoms with Crippen LogP contribution in [0.25, 0.3) is 11.0 Å². The van der Waals surface area contributed by atoms with Gasteiger partial charge in [-0.05, 0) is 38.8 Å². The molecule has 0 saturated carbocycles. The Bertz CT molecular complexity index is 1230. The van der Waals surface area contributed by atoms with Crippen molar-refractivity contribution in [1.82, 2.24) is 30.5 Å². The Balaban J connectivity index is 0.000000672. The van der Waals surface area contributed by atoms with Gasteiger partial charge in [0, 0.05) is 25.3 Å². The van der Waals surface area contributed by atoms with Crippen LogP contribution in [-0.2, 0) is 0 Å². The van der Waals surface area contributed by atoms with Crippen molar-refractivity contribution >= 4 is 40.3 Å². The van der Waals surface area contributed by atoms with Crippen LogP contribution in [0.15, 0.2) is 18.3 Å². The Labute approximate surface area is 198 Å². The van der Waals surface area contributed by atoms with Gasteiger partial charge in [0.05, 0.1) is 23.3 Å². The van der Waals surface area contributed by atoms with Gasteiger partial charge in [-0.1, -0.05) is 0 Å². The highest BCUT2D eigenvalue weighted by Gasteiger charge is 2.39. The van der Waals surface area contributed by atoms with Crippen LogP contribution in [0.3, 0.4) is 0 Å². The summed E-state index contributed by atoms with van der Waals surface area (Å²) < 4.78 is 29.0. The molecule has 14 heteroatoms. The van der Waals surface area contributed by atoms with Crippen LogP contribution in [0.5, 0.6) is 0 Å². The van der Waals surface area contributed by atoms with Crippen LogP contribution in [0.2, 0.25) is 0 Å². The van der Waals surface area contributed by atoms with Gasteiger partial charge in [-0.25, -0.2) is 19.7 Å². The van der Waals surface area contributed by atoms with Crippen molar-refractivity contribution in [2.45, 2.75) is 39.4 Å². The lowest BCUT2D eigenvalue weighted by Gasteiger charge is -2.45. The van der Waals surface area contributed by atoms with E-state index >= 15 is 0 Å². The highest BCUT2D eigenvalue weighted by molar-refractivity contribution is 6.07. The van der Waals surface area contributed by atoms with Gasteiger partial charge in [-0.3, -0.25) is 20.1 Å². The Morgan fingerprint density at radius 3 is 2.77 bits per heavy atom. The maximum Gasteiger partial charge on any atom is 0.379 e. The lowest BCUT2D eigenvalue weighted by Crippen LogP contribution is -2.56. The van der Waals surface area contributed by atoms with E-state index in [0.717, 1.165) is 36.2 Å². The molecular formula is C21H24F3N9O2. The Morgan fingerprint density at radius 1 is 1.26 bits per heavy atom. The number of hydrogen-bond donors (Lipinski definition) is 3. The van der Waals surface area contributed by atoms with Crippen LogP contribution in [-0.4, -0.2) is 69.4 Å². The molecule has 1 saturated heterocycles. The number of amides is 3. The van der Waals surface area contributed by atoms with E-state index in [2.05, 4.69) is 40.7 Å². The number of aromatic nitrogens is 5. The molecule has 3 aromatic heterocycles. The molecule has 1 unspecified atom stereocenters. The molecule has 1 fully saturated rings. The number of hydrogen-bond acceptors (Lipinski definition) is 7. The minimum atomic E-state index is -3.67. The van der Waals surface area contributed by atoms with E-state index in [1.165, 1.54) is 0 Å². The van der Waals surface area contributed by atoms with E-state index in [1.54, 1.807) is 11.1 Å². The van der Waals surface area contributed by atoms with Crippen molar-refractivity contribution in [3.63, 3.8) is 0 Å². The number of nitrogens with zero attached hydrogens (tertiary/aromatic N) is 6. The number of aromatic amines is 1. The van der Waals surface area contributed by atoms with Crippen LogP contribution in [0, 0.1) is 6.92 Å². The zero-order valence-corrected chi connectivity index (χ0v) is 19.1. The van der Waals surface area contributed by atoms with Gasteiger partial charge in [-0.2, -0.15) is 18.3 Å². The second-order valence-electron chi connectivity index (χ2n) is 7.97. The summed E-state index contributed by atoms with van der Waals surface area (Å²) in [5, 5.41) is 13.4. The highest BCUT2D eigenvalue weighted by Crippen LogP contribution is 2.37. The third kappa shape index (κ3) is 5.10. The maximum atomic E-state index is 13.4. The largest absolute Gasteiger partial charge is 0.379 e. The number of H-pyrrole nitrogens is 1. The van der Waals surface area contributed by atoms with Crippen LogP contribution >= 0.6 is 0 Å². The minimum absolute atomic E-state index is 0.0458. The quantitative estimate of drug-likeness (QED) is 0.513. The first-order chi connectivity index (χ1) is 16.8. The molecule has 3 amide bonds. The number of fused-ring (bicyclic) bond motifs is 5. The zero-order chi connectivity index (χ0) is 25.1. The molecule has 186 valence electrons. The predicted octanol–water partition coefficient (Wildman–Crippen LogP) is 3.01. The lowest BCUT2D eigenvalue weighted by atomic mass is 10.0. The van der Waals surface area contributed by atoms with E-state index in [-0.39, 0.29) is 23.8 Å². The van der Waals surface area contributed by atoms with Gasteiger partial charge in [0.1, 0.15) is 0 Å². The zero-order valence-electron chi connectivity index (χ0n) is 19.1. The smallest absolute Gasteiger partial charge is 0.365 e. The van der Waals surface area contributed by atoms with E-state index in [0.29, 0.717) is 30.4 Å². The second kappa shape index (κ2) is 10.1. The fourth-order valence-electron chi connectivity index (χ4n) is 4.19. The molecule has 35 heavy (non-hydrogen) atoms. The molecule has 0 aromatic carbocycles. The summed E-state index contributed by atoms with van der Waals surface area (Å²) in [6, 6.07) is 3.35. The molecular weight excluding hydrogens is 467 g/mol. The number of aryl methyl sites for hydroxylation is 1. The summed E-state index contributed by atoms with van der Waals surface area (Å²) in [5.41, 5.74) is 2.22. The van der Waals surface area contributed by atoms with Crippen molar-refractivity contribution in [3.05, 3.63) is 29.8 Å².